The van der Waals surface area contributed by atoms with E-state index in [0.29, 0.717) is 18.5 Å². The van der Waals surface area contributed by atoms with E-state index in [1.54, 1.807) is 7.11 Å². The van der Waals surface area contributed by atoms with Gasteiger partial charge in [0.15, 0.2) is 0 Å². The Balaban J connectivity index is 2.17. The fourth-order valence-electron chi connectivity index (χ4n) is 2.02. The molecule has 6 heteroatoms. The van der Waals surface area contributed by atoms with E-state index in [-0.39, 0.29) is 11.4 Å². The number of benzene rings is 1. The van der Waals surface area contributed by atoms with Gasteiger partial charge in [-0.25, -0.2) is 4.79 Å². The van der Waals surface area contributed by atoms with E-state index < -0.39 is 5.97 Å². The molecular weight excluding hydrogens is 272 g/mol. The Morgan fingerprint density at radius 1 is 1.14 bits per heavy atom. The van der Waals surface area contributed by atoms with Crippen molar-refractivity contribution in [1.82, 2.24) is 10.2 Å². The summed E-state index contributed by atoms with van der Waals surface area (Å²) in [6, 6.07) is 9.17. The molecule has 1 aromatic heterocycles. The molecule has 0 aliphatic carbocycles. The summed E-state index contributed by atoms with van der Waals surface area (Å²) in [5.74, 6) is -0.263. The van der Waals surface area contributed by atoms with Gasteiger partial charge in [0, 0.05) is 0 Å². The molecule has 2 rings (SSSR count). The Hall–Kier alpha value is -2.63. The van der Waals surface area contributed by atoms with E-state index in [4.69, 9.17) is 14.6 Å². The third-order valence-corrected chi connectivity index (χ3v) is 3.08. The Bertz CT molecular complexity index is 643. The van der Waals surface area contributed by atoms with Crippen molar-refractivity contribution in [1.29, 1.82) is 0 Å². The second kappa shape index (κ2) is 6.69. The number of carboxylic acids is 1. The van der Waals surface area contributed by atoms with Crippen molar-refractivity contribution in [3.05, 3.63) is 47.2 Å². The van der Waals surface area contributed by atoms with Crippen LogP contribution in [0.5, 0.6) is 11.6 Å². The smallest absolute Gasteiger partial charge is 0.341 e. The van der Waals surface area contributed by atoms with Crippen LogP contribution in [-0.2, 0) is 12.8 Å². The third-order valence-electron chi connectivity index (χ3n) is 3.08. The van der Waals surface area contributed by atoms with Crippen molar-refractivity contribution >= 4 is 5.97 Å². The molecule has 0 bridgehead atoms. The maximum atomic E-state index is 11.1. The van der Waals surface area contributed by atoms with Crippen molar-refractivity contribution in [2.75, 3.05) is 14.2 Å². The molecule has 1 heterocycles. The standard InChI is InChI=1S/C15H16N2O4/c1-20-13-6-4-3-5-10(13)7-8-11-9-12(15(18)19)14(21-2)17-16-11/h3-6,9H,7-8H2,1-2H3,(H,18,19). The fourth-order valence-corrected chi connectivity index (χ4v) is 2.02. The first-order valence-corrected chi connectivity index (χ1v) is 6.41. The lowest BCUT2D eigenvalue weighted by atomic mass is 10.1. The molecule has 0 aliphatic rings. The monoisotopic (exact) mass is 288 g/mol. The van der Waals surface area contributed by atoms with E-state index >= 15 is 0 Å². The molecule has 0 saturated carbocycles. The number of aryl methyl sites for hydroxylation is 2. The zero-order valence-corrected chi connectivity index (χ0v) is 11.9. The SMILES string of the molecule is COc1ccccc1CCc1cc(C(=O)O)c(OC)nn1. The lowest BCUT2D eigenvalue weighted by Gasteiger charge is -2.08. The maximum absolute atomic E-state index is 11.1. The molecule has 1 aromatic carbocycles. The predicted octanol–water partition coefficient (Wildman–Crippen LogP) is 1.98. The van der Waals surface area contributed by atoms with Crippen LogP contribution < -0.4 is 9.47 Å². The quantitative estimate of drug-likeness (QED) is 0.875. The van der Waals surface area contributed by atoms with Gasteiger partial charge in [0.05, 0.1) is 19.9 Å². The second-order valence-electron chi connectivity index (χ2n) is 4.38. The van der Waals surface area contributed by atoms with Crippen LogP contribution in [0, 0.1) is 0 Å². The van der Waals surface area contributed by atoms with E-state index in [1.165, 1.54) is 13.2 Å². The molecule has 0 fully saturated rings. The number of ether oxygens (including phenoxy) is 2. The third kappa shape index (κ3) is 3.47. The normalized spacial score (nSPS) is 10.2. The summed E-state index contributed by atoms with van der Waals surface area (Å²) in [5.41, 5.74) is 1.65. The summed E-state index contributed by atoms with van der Waals surface area (Å²) in [6.45, 7) is 0. The molecule has 0 radical (unpaired) electrons. The summed E-state index contributed by atoms with van der Waals surface area (Å²) in [7, 11) is 2.99. The Morgan fingerprint density at radius 2 is 1.90 bits per heavy atom. The lowest BCUT2D eigenvalue weighted by Crippen LogP contribution is -2.07. The van der Waals surface area contributed by atoms with Gasteiger partial charge >= 0.3 is 5.97 Å². The number of hydrogen-bond donors (Lipinski definition) is 1. The number of hydrogen-bond acceptors (Lipinski definition) is 5. The van der Waals surface area contributed by atoms with Crippen LogP contribution in [0.4, 0.5) is 0 Å². The highest BCUT2D eigenvalue weighted by molar-refractivity contribution is 5.90. The number of carbonyl (C=O) groups is 1. The van der Waals surface area contributed by atoms with Crippen LogP contribution >= 0.6 is 0 Å². The van der Waals surface area contributed by atoms with Gasteiger partial charge < -0.3 is 14.6 Å². The van der Waals surface area contributed by atoms with Crippen LogP contribution in [0.3, 0.4) is 0 Å². The molecule has 21 heavy (non-hydrogen) atoms. The van der Waals surface area contributed by atoms with Crippen molar-refractivity contribution in [2.45, 2.75) is 12.8 Å². The van der Waals surface area contributed by atoms with Gasteiger partial charge in [-0.05, 0) is 30.5 Å². The minimum Gasteiger partial charge on any atom is -0.496 e. The second-order valence-corrected chi connectivity index (χ2v) is 4.38. The van der Waals surface area contributed by atoms with Gasteiger partial charge in [0.2, 0.25) is 5.88 Å². The zero-order chi connectivity index (χ0) is 15.2. The molecule has 110 valence electrons. The number of para-hydroxylation sites is 1. The Kier molecular flexibility index (Phi) is 4.71. The highest BCUT2D eigenvalue weighted by atomic mass is 16.5. The zero-order valence-electron chi connectivity index (χ0n) is 11.9. The van der Waals surface area contributed by atoms with Crippen LogP contribution in [0.15, 0.2) is 30.3 Å². The topological polar surface area (TPSA) is 81.5 Å². The van der Waals surface area contributed by atoms with E-state index in [0.717, 1.165) is 11.3 Å². The number of rotatable bonds is 6. The molecule has 0 spiro atoms. The van der Waals surface area contributed by atoms with Crippen molar-refractivity contribution in [2.24, 2.45) is 0 Å². The molecule has 2 aromatic rings. The van der Waals surface area contributed by atoms with Crippen LogP contribution in [-0.4, -0.2) is 35.5 Å². The summed E-state index contributed by atoms with van der Waals surface area (Å²) in [5, 5.41) is 16.9. The van der Waals surface area contributed by atoms with Gasteiger partial charge in [-0.1, -0.05) is 18.2 Å². The van der Waals surface area contributed by atoms with Crippen molar-refractivity contribution in [3.63, 3.8) is 0 Å². The van der Waals surface area contributed by atoms with Gasteiger partial charge in [-0.3, -0.25) is 0 Å². The van der Waals surface area contributed by atoms with Crippen molar-refractivity contribution < 1.29 is 19.4 Å². The predicted molar refractivity (Wildman–Crippen MR) is 75.9 cm³/mol. The van der Waals surface area contributed by atoms with E-state index in [9.17, 15) is 4.79 Å². The largest absolute Gasteiger partial charge is 0.496 e. The van der Waals surface area contributed by atoms with Gasteiger partial charge in [-0.15, -0.1) is 5.10 Å². The first kappa shape index (κ1) is 14.8. The van der Waals surface area contributed by atoms with Gasteiger partial charge in [0.1, 0.15) is 11.3 Å². The lowest BCUT2D eigenvalue weighted by molar-refractivity contribution is 0.0692. The molecule has 0 unspecified atom stereocenters. The van der Waals surface area contributed by atoms with Crippen LogP contribution in [0.2, 0.25) is 0 Å². The average molecular weight is 288 g/mol. The Labute approximate surface area is 122 Å². The molecule has 0 amide bonds. The van der Waals surface area contributed by atoms with Crippen LogP contribution in [0.1, 0.15) is 21.6 Å². The summed E-state index contributed by atoms with van der Waals surface area (Å²) < 4.78 is 10.2. The highest BCUT2D eigenvalue weighted by Gasteiger charge is 2.14. The number of nitrogens with zero attached hydrogens (tertiary/aromatic N) is 2. The number of carboxylic acid groups (broad SMARTS) is 1. The first-order valence-electron chi connectivity index (χ1n) is 6.41. The minimum absolute atomic E-state index is 0.0162. The van der Waals surface area contributed by atoms with Crippen LogP contribution in [0.25, 0.3) is 0 Å². The summed E-state index contributed by atoms with van der Waals surface area (Å²) >= 11 is 0. The number of aromatic nitrogens is 2. The average Bonchev–Trinajstić information content (AvgIpc) is 2.52. The molecule has 1 N–H and O–H groups in total. The molecular formula is C15H16N2O4. The van der Waals surface area contributed by atoms with E-state index in [1.807, 2.05) is 24.3 Å². The molecule has 0 atom stereocenters. The highest BCUT2D eigenvalue weighted by Crippen LogP contribution is 2.20. The molecule has 0 aliphatic heterocycles. The maximum Gasteiger partial charge on any atom is 0.341 e. The number of methoxy groups -OCH3 is 2. The summed E-state index contributed by atoms with van der Waals surface area (Å²) in [4.78, 5) is 11.1. The minimum atomic E-state index is -1.08. The van der Waals surface area contributed by atoms with E-state index in [2.05, 4.69) is 10.2 Å². The fraction of sp³-hybridized carbons (Fsp3) is 0.267. The van der Waals surface area contributed by atoms with Gasteiger partial charge in [-0.2, -0.15) is 5.10 Å². The number of aromatic carboxylic acids is 1. The summed E-state index contributed by atoms with van der Waals surface area (Å²) in [6.07, 6.45) is 1.25. The first-order chi connectivity index (χ1) is 10.2. The Morgan fingerprint density at radius 3 is 2.57 bits per heavy atom. The van der Waals surface area contributed by atoms with Gasteiger partial charge in [0.25, 0.3) is 0 Å². The molecule has 0 saturated heterocycles. The molecule has 6 nitrogen and oxygen atoms in total. The van der Waals surface area contributed by atoms with Crippen molar-refractivity contribution in [3.8, 4) is 11.6 Å².